The summed E-state index contributed by atoms with van der Waals surface area (Å²) in [5.41, 5.74) is 3.28. The van der Waals surface area contributed by atoms with Crippen LogP contribution in [0.3, 0.4) is 0 Å². The highest BCUT2D eigenvalue weighted by Gasteiger charge is 2.24. The van der Waals surface area contributed by atoms with Crippen LogP contribution in [0.2, 0.25) is 0 Å². The maximum atomic E-state index is 13.7. The van der Waals surface area contributed by atoms with Crippen molar-refractivity contribution in [2.45, 2.75) is 18.1 Å². The number of rotatable bonds is 5. The van der Waals surface area contributed by atoms with Crippen LogP contribution < -0.4 is 5.56 Å². The SMILES string of the molecule is CN1CCc2c(sc3nc(SCC=Cc4ccccc4)n(-c4ccccc4)c(=O)c23)C1. The number of thioether (sulfide) groups is 1. The number of hydrogen-bond donors (Lipinski definition) is 0. The van der Waals surface area contributed by atoms with E-state index in [0.29, 0.717) is 0 Å². The van der Waals surface area contributed by atoms with Crippen molar-refractivity contribution in [3.05, 3.63) is 93.1 Å². The molecule has 156 valence electrons. The summed E-state index contributed by atoms with van der Waals surface area (Å²) in [4.78, 5) is 23.1. The summed E-state index contributed by atoms with van der Waals surface area (Å²) in [7, 11) is 2.13. The maximum absolute atomic E-state index is 13.7. The maximum Gasteiger partial charge on any atom is 0.267 e. The topological polar surface area (TPSA) is 38.1 Å². The van der Waals surface area contributed by atoms with Gasteiger partial charge in [-0.2, -0.15) is 0 Å². The largest absolute Gasteiger partial charge is 0.301 e. The molecule has 1 aliphatic heterocycles. The van der Waals surface area contributed by atoms with Crippen LogP contribution in [-0.2, 0) is 13.0 Å². The Morgan fingerprint density at radius 1 is 1.10 bits per heavy atom. The predicted molar refractivity (Wildman–Crippen MR) is 131 cm³/mol. The van der Waals surface area contributed by atoms with Crippen molar-refractivity contribution in [2.75, 3.05) is 19.3 Å². The minimum atomic E-state index is 0.0489. The van der Waals surface area contributed by atoms with E-state index in [2.05, 4.69) is 36.2 Å². The Bertz CT molecular complexity index is 1290. The highest BCUT2D eigenvalue weighted by atomic mass is 32.2. The summed E-state index contributed by atoms with van der Waals surface area (Å²) in [6.45, 7) is 1.87. The van der Waals surface area contributed by atoms with Crippen molar-refractivity contribution in [1.29, 1.82) is 0 Å². The minimum Gasteiger partial charge on any atom is -0.301 e. The van der Waals surface area contributed by atoms with E-state index in [-0.39, 0.29) is 5.56 Å². The van der Waals surface area contributed by atoms with Gasteiger partial charge in [0, 0.05) is 23.7 Å². The first-order valence-corrected chi connectivity index (χ1v) is 12.2. The molecule has 4 nitrogen and oxygen atoms in total. The molecule has 1 aliphatic rings. The molecule has 4 aromatic rings. The quantitative estimate of drug-likeness (QED) is 0.311. The number of aromatic nitrogens is 2. The van der Waals surface area contributed by atoms with Crippen LogP contribution >= 0.6 is 23.1 Å². The van der Waals surface area contributed by atoms with Crippen LogP contribution in [0.5, 0.6) is 0 Å². The zero-order chi connectivity index (χ0) is 21.2. The summed E-state index contributed by atoms with van der Waals surface area (Å²) in [6.07, 6.45) is 5.14. The number of thiophene rings is 1. The second-order valence-electron chi connectivity index (χ2n) is 7.67. The van der Waals surface area contributed by atoms with Gasteiger partial charge in [-0.3, -0.25) is 9.36 Å². The molecule has 0 saturated carbocycles. The van der Waals surface area contributed by atoms with E-state index in [9.17, 15) is 4.79 Å². The Morgan fingerprint density at radius 3 is 2.61 bits per heavy atom. The second kappa shape index (κ2) is 8.83. The van der Waals surface area contributed by atoms with Gasteiger partial charge in [-0.1, -0.05) is 72.4 Å². The van der Waals surface area contributed by atoms with Crippen LogP contribution in [0.25, 0.3) is 22.0 Å². The van der Waals surface area contributed by atoms with Crippen LogP contribution in [0.15, 0.2) is 76.7 Å². The van der Waals surface area contributed by atoms with Gasteiger partial charge in [-0.25, -0.2) is 4.98 Å². The molecule has 0 radical (unpaired) electrons. The highest BCUT2D eigenvalue weighted by molar-refractivity contribution is 7.99. The average Bonchev–Trinajstić information content (AvgIpc) is 3.15. The van der Waals surface area contributed by atoms with E-state index >= 15 is 0 Å². The van der Waals surface area contributed by atoms with Gasteiger partial charge in [0.05, 0.1) is 11.1 Å². The Balaban J connectivity index is 1.56. The van der Waals surface area contributed by atoms with Crippen molar-refractivity contribution in [3.8, 4) is 5.69 Å². The molecule has 0 saturated heterocycles. The Hall–Kier alpha value is -2.67. The lowest BCUT2D eigenvalue weighted by Gasteiger charge is -2.21. The van der Waals surface area contributed by atoms with Gasteiger partial charge in [0.1, 0.15) is 4.83 Å². The fourth-order valence-electron chi connectivity index (χ4n) is 3.92. The van der Waals surface area contributed by atoms with Crippen LogP contribution in [-0.4, -0.2) is 33.8 Å². The van der Waals surface area contributed by atoms with Crippen LogP contribution in [0.4, 0.5) is 0 Å². The first kappa shape index (κ1) is 20.2. The summed E-state index contributed by atoms with van der Waals surface area (Å²) >= 11 is 3.27. The zero-order valence-corrected chi connectivity index (χ0v) is 19.0. The van der Waals surface area contributed by atoms with E-state index in [0.717, 1.165) is 46.3 Å². The number of nitrogens with zero attached hydrogens (tertiary/aromatic N) is 3. The molecule has 0 spiro atoms. The first-order chi connectivity index (χ1) is 15.2. The molecule has 0 fully saturated rings. The smallest absolute Gasteiger partial charge is 0.267 e. The van der Waals surface area contributed by atoms with Crippen LogP contribution in [0, 0.1) is 0 Å². The molecule has 0 unspecified atom stereocenters. The number of fused-ring (bicyclic) bond motifs is 3. The highest BCUT2D eigenvalue weighted by Crippen LogP contribution is 2.34. The van der Waals surface area contributed by atoms with E-state index < -0.39 is 0 Å². The third-order valence-corrected chi connectivity index (χ3v) is 7.47. The number of likely N-dealkylation sites (N-methyl/N-ethyl adjacent to an activating group) is 1. The first-order valence-electron chi connectivity index (χ1n) is 10.4. The lowest BCUT2D eigenvalue weighted by Crippen LogP contribution is -2.27. The monoisotopic (exact) mass is 445 g/mol. The number of benzene rings is 2. The van der Waals surface area contributed by atoms with Crippen molar-refractivity contribution in [3.63, 3.8) is 0 Å². The van der Waals surface area contributed by atoms with Gasteiger partial charge < -0.3 is 4.90 Å². The molecule has 0 amide bonds. The standard InChI is InChI=1S/C25H23N3OS2/c1-27-15-14-20-21(17-27)31-23-22(20)24(29)28(19-12-6-3-7-13-19)25(26-23)30-16-8-11-18-9-4-2-5-10-18/h2-13H,14-17H2,1H3. The van der Waals surface area contributed by atoms with Gasteiger partial charge in [0.15, 0.2) is 5.16 Å². The molecule has 5 rings (SSSR count). The fourth-order valence-corrected chi connectivity index (χ4v) is 6.09. The average molecular weight is 446 g/mol. The molecular formula is C25H23N3OS2. The minimum absolute atomic E-state index is 0.0489. The third kappa shape index (κ3) is 4.11. The molecule has 0 aliphatic carbocycles. The molecule has 31 heavy (non-hydrogen) atoms. The van der Waals surface area contributed by atoms with Gasteiger partial charge >= 0.3 is 0 Å². The fraction of sp³-hybridized carbons (Fsp3) is 0.200. The van der Waals surface area contributed by atoms with E-state index in [1.807, 2.05) is 48.5 Å². The third-order valence-electron chi connectivity index (χ3n) is 5.47. The van der Waals surface area contributed by atoms with Crippen LogP contribution in [0.1, 0.15) is 16.0 Å². The number of hydrogen-bond acceptors (Lipinski definition) is 5. The zero-order valence-electron chi connectivity index (χ0n) is 17.3. The van der Waals surface area contributed by atoms with Gasteiger partial charge in [0.2, 0.25) is 0 Å². The van der Waals surface area contributed by atoms with Crippen molar-refractivity contribution in [1.82, 2.24) is 14.5 Å². The Kier molecular flexibility index (Phi) is 5.76. The van der Waals surface area contributed by atoms with Crippen molar-refractivity contribution < 1.29 is 0 Å². The normalized spacial score (nSPS) is 14.4. The van der Waals surface area contributed by atoms with E-state index in [4.69, 9.17) is 4.98 Å². The van der Waals surface area contributed by atoms with E-state index in [1.54, 1.807) is 27.7 Å². The Morgan fingerprint density at radius 2 is 1.84 bits per heavy atom. The summed E-state index contributed by atoms with van der Waals surface area (Å²) in [5.74, 6) is 0.744. The summed E-state index contributed by atoms with van der Waals surface area (Å²) < 4.78 is 1.79. The lowest BCUT2D eigenvalue weighted by molar-refractivity contribution is 0.318. The van der Waals surface area contributed by atoms with Crippen molar-refractivity contribution in [2.24, 2.45) is 0 Å². The van der Waals surface area contributed by atoms with Crippen molar-refractivity contribution >= 4 is 39.4 Å². The summed E-state index contributed by atoms with van der Waals surface area (Å²) in [6, 6.07) is 20.1. The predicted octanol–water partition coefficient (Wildman–Crippen LogP) is 5.24. The van der Waals surface area contributed by atoms with E-state index in [1.165, 1.54) is 16.0 Å². The molecular weight excluding hydrogens is 422 g/mol. The molecule has 0 atom stereocenters. The molecule has 3 heterocycles. The Labute approximate surface area is 189 Å². The lowest BCUT2D eigenvalue weighted by atomic mass is 10.1. The molecule has 2 aromatic heterocycles. The van der Waals surface area contributed by atoms with Gasteiger partial charge in [0.25, 0.3) is 5.56 Å². The molecule has 0 bridgehead atoms. The van der Waals surface area contributed by atoms with Gasteiger partial charge in [-0.15, -0.1) is 11.3 Å². The molecule has 2 aromatic carbocycles. The summed E-state index contributed by atoms with van der Waals surface area (Å²) in [5, 5.41) is 1.55. The molecule has 6 heteroatoms. The second-order valence-corrected chi connectivity index (χ2v) is 9.74. The van der Waals surface area contributed by atoms with Gasteiger partial charge in [-0.05, 0) is 36.7 Å². The molecule has 0 N–H and O–H groups in total. The number of para-hydroxylation sites is 1.